The Morgan fingerprint density at radius 1 is 1.70 bits per heavy atom. The van der Waals surface area contributed by atoms with Gasteiger partial charge in [-0.1, -0.05) is 19.0 Å². The molecule has 0 aliphatic carbocycles. The maximum atomic E-state index is 10.7. The second-order valence-corrected chi connectivity index (χ2v) is 2.31. The quantitative estimate of drug-likeness (QED) is 0.348. The maximum Gasteiger partial charge on any atom is 0.351 e. The van der Waals surface area contributed by atoms with E-state index in [1.165, 1.54) is 0 Å². The van der Waals surface area contributed by atoms with Crippen LogP contribution in [0, 0.1) is 5.92 Å². The summed E-state index contributed by atoms with van der Waals surface area (Å²) in [7, 11) is 0. The molecule has 0 heterocycles. The lowest BCUT2D eigenvalue weighted by atomic mass is 10.1. The van der Waals surface area contributed by atoms with E-state index < -0.39 is 12.0 Å². The lowest BCUT2D eigenvalue weighted by Crippen LogP contribution is -2.36. The molecule has 0 aromatic heterocycles. The third-order valence-corrected chi connectivity index (χ3v) is 1.14. The zero-order valence-electron chi connectivity index (χ0n) is 6.20. The molecular formula is C6H12N2O2. The number of rotatable bonds is 3. The van der Waals surface area contributed by atoms with Crippen molar-refractivity contribution in [2.24, 2.45) is 16.8 Å². The Balaban J connectivity index is 3.81. The van der Waals surface area contributed by atoms with Gasteiger partial charge in [-0.05, 0) is 5.92 Å². The molecule has 58 valence electrons. The Kier molecular flexibility index (Phi) is 3.64. The fourth-order valence-corrected chi connectivity index (χ4v) is 0.397. The number of hydrogen-bond donors (Lipinski definition) is 1. The van der Waals surface area contributed by atoms with Gasteiger partial charge in [0.15, 0.2) is 0 Å². The Labute approximate surface area is 60.0 Å². The Hall–Kier alpha value is -0.900. The highest BCUT2D eigenvalue weighted by Gasteiger charge is 2.18. The molecule has 0 aliphatic rings. The van der Waals surface area contributed by atoms with Crippen molar-refractivity contribution < 1.29 is 9.63 Å². The zero-order chi connectivity index (χ0) is 8.15. The minimum atomic E-state index is -0.606. The normalized spacial score (nSPS) is 12.8. The summed E-state index contributed by atoms with van der Waals surface area (Å²) in [5.74, 6) is -0.473. The van der Waals surface area contributed by atoms with Crippen molar-refractivity contribution in [1.82, 2.24) is 0 Å². The van der Waals surface area contributed by atoms with Crippen molar-refractivity contribution >= 4 is 12.7 Å². The van der Waals surface area contributed by atoms with Gasteiger partial charge in [0.05, 0.1) is 0 Å². The highest BCUT2D eigenvalue weighted by atomic mass is 16.7. The van der Waals surface area contributed by atoms with Crippen molar-refractivity contribution in [3.63, 3.8) is 0 Å². The smallest absolute Gasteiger partial charge is 0.318 e. The first kappa shape index (κ1) is 9.10. The van der Waals surface area contributed by atoms with Crippen LogP contribution in [0.5, 0.6) is 0 Å². The van der Waals surface area contributed by atoms with E-state index in [4.69, 9.17) is 5.73 Å². The largest absolute Gasteiger partial charge is 0.351 e. The molecule has 0 rings (SSSR count). The van der Waals surface area contributed by atoms with Gasteiger partial charge in [0.1, 0.15) is 6.04 Å². The van der Waals surface area contributed by atoms with Crippen LogP contribution in [0.25, 0.3) is 0 Å². The summed E-state index contributed by atoms with van der Waals surface area (Å²) in [6.45, 7) is 6.65. The minimum absolute atomic E-state index is 0.0641. The molecule has 10 heavy (non-hydrogen) atoms. The highest BCUT2D eigenvalue weighted by molar-refractivity contribution is 5.75. The van der Waals surface area contributed by atoms with Crippen LogP contribution in [-0.4, -0.2) is 18.7 Å². The van der Waals surface area contributed by atoms with Crippen LogP contribution < -0.4 is 5.73 Å². The molecule has 0 saturated heterocycles. The third kappa shape index (κ3) is 2.59. The molecule has 0 radical (unpaired) electrons. The topological polar surface area (TPSA) is 64.7 Å². The van der Waals surface area contributed by atoms with Crippen molar-refractivity contribution in [1.29, 1.82) is 0 Å². The molecule has 0 aromatic rings. The molecule has 0 fully saturated rings. The number of nitrogens with two attached hydrogens (primary N) is 1. The van der Waals surface area contributed by atoms with E-state index >= 15 is 0 Å². The van der Waals surface area contributed by atoms with Gasteiger partial charge in [0.2, 0.25) is 0 Å². The van der Waals surface area contributed by atoms with Gasteiger partial charge < -0.3 is 10.6 Å². The molecule has 2 N–H and O–H groups in total. The van der Waals surface area contributed by atoms with Crippen LogP contribution in [0.3, 0.4) is 0 Å². The molecule has 0 spiro atoms. The predicted octanol–water partition coefficient (Wildman–Crippen LogP) is 0.128. The van der Waals surface area contributed by atoms with E-state index in [2.05, 4.69) is 16.7 Å². The predicted molar refractivity (Wildman–Crippen MR) is 38.5 cm³/mol. The lowest BCUT2D eigenvalue weighted by molar-refractivity contribution is -0.146. The molecule has 0 aromatic carbocycles. The molecular weight excluding hydrogens is 132 g/mol. The van der Waals surface area contributed by atoms with Crippen LogP contribution in [-0.2, 0) is 9.63 Å². The fourth-order valence-electron chi connectivity index (χ4n) is 0.397. The average molecular weight is 144 g/mol. The van der Waals surface area contributed by atoms with Crippen LogP contribution in [0.4, 0.5) is 0 Å². The third-order valence-electron chi connectivity index (χ3n) is 1.14. The highest BCUT2D eigenvalue weighted by Crippen LogP contribution is 1.99. The lowest BCUT2D eigenvalue weighted by Gasteiger charge is -2.10. The second kappa shape index (κ2) is 4.00. The number of carbonyl (C=O) groups excluding carboxylic acids is 1. The van der Waals surface area contributed by atoms with E-state index in [1.54, 1.807) is 0 Å². The fraction of sp³-hybridized carbons (Fsp3) is 0.667. The molecule has 0 aliphatic heterocycles. The van der Waals surface area contributed by atoms with Gasteiger partial charge in [0, 0.05) is 6.72 Å². The SMILES string of the molecule is C=NOC(=O)[C@@H](N)C(C)C. The van der Waals surface area contributed by atoms with Crippen molar-refractivity contribution in [2.75, 3.05) is 0 Å². The number of oxime groups is 1. The van der Waals surface area contributed by atoms with Crippen molar-refractivity contribution in [2.45, 2.75) is 19.9 Å². The van der Waals surface area contributed by atoms with E-state index in [9.17, 15) is 4.79 Å². The molecule has 1 atom stereocenters. The maximum absolute atomic E-state index is 10.7. The van der Waals surface area contributed by atoms with Gasteiger partial charge in [0.25, 0.3) is 0 Å². The molecule has 4 heteroatoms. The summed E-state index contributed by atoms with van der Waals surface area (Å²) in [5.41, 5.74) is 5.38. The van der Waals surface area contributed by atoms with Gasteiger partial charge in [-0.3, -0.25) is 0 Å². The Bertz CT molecular complexity index is 134. The Morgan fingerprint density at radius 3 is 2.50 bits per heavy atom. The van der Waals surface area contributed by atoms with Crippen LogP contribution >= 0.6 is 0 Å². The molecule has 0 unspecified atom stereocenters. The Morgan fingerprint density at radius 2 is 2.20 bits per heavy atom. The summed E-state index contributed by atoms with van der Waals surface area (Å²) in [4.78, 5) is 14.9. The van der Waals surface area contributed by atoms with Gasteiger partial charge in [-0.25, -0.2) is 4.79 Å². The van der Waals surface area contributed by atoms with Crippen LogP contribution in [0.15, 0.2) is 5.16 Å². The summed E-state index contributed by atoms with van der Waals surface area (Å²) < 4.78 is 0. The van der Waals surface area contributed by atoms with Gasteiger partial charge in [-0.2, -0.15) is 0 Å². The van der Waals surface area contributed by atoms with E-state index in [-0.39, 0.29) is 5.92 Å². The molecule has 0 saturated carbocycles. The average Bonchev–Trinajstić information content (AvgIpc) is 1.87. The summed E-state index contributed by atoms with van der Waals surface area (Å²) in [6, 6.07) is -0.606. The van der Waals surface area contributed by atoms with E-state index in [1.807, 2.05) is 13.8 Å². The van der Waals surface area contributed by atoms with Gasteiger partial charge >= 0.3 is 5.97 Å². The summed E-state index contributed by atoms with van der Waals surface area (Å²) in [6.07, 6.45) is 0. The number of nitrogens with zero attached hydrogens (tertiary/aromatic N) is 1. The minimum Gasteiger partial charge on any atom is -0.318 e. The number of carbonyl (C=O) groups is 1. The van der Waals surface area contributed by atoms with Gasteiger partial charge in [-0.15, -0.1) is 0 Å². The molecule has 4 nitrogen and oxygen atoms in total. The zero-order valence-corrected chi connectivity index (χ0v) is 6.20. The monoisotopic (exact) mass is 144 g/mol. The summed E-state index contributed by atoms with van der Waals surface area (Å²) in [5, 5.41) is 2.96. The molecule has 0 bridgehead atoms. The standard InChI is InChI=1S/C6H12N2O2/c1-4(2)5(7)6(9)10-8-3/h4-5H,3,7H2,1-2H3/t5-/m0/s1. The first-order chi connectivity index (χ1) is 4.59. The van der Waals surface area contributed by atoms with E-state index in [0.29, 0.717) is 0 Å². The van der Waals surface area contributed by atoms with Crippen molar-refractivity contribution in [3.05, 3.63) is 0 Å². The first-order valence-corrected chi connectivity index (χ1v) is 3.02. The van der Waals surface area contributed by atoms with Crippen LogP contribution in [0.1, 0.15) is 13.8 Å². The van der Waals surface area contributed by atoms with Crippen LogP contribution in [0.2, 0.25) is 0 Å². The molecule has 0 amide bonds. The van der Waals surface area contributed by atoms with E-state index in [0.717, 1.165) is 0 Å². The summed E-state index contributed by atoms with van der Waals surface area (Å²) >= 11 is 0. The first-order valence-electron chi connectivity index (χ1n) is 3.02. The van der Waals surface area contributed by atoms with Crippen molar-refractivity contribution in [3.8, 4) is 0 Å². The number of hydrogen-bond acceptors (Lipinski definition) is 4. The second-order valence-electron chi connectivity index (χ2n) is 2.31.